The number of hydrogen-bond acceptors (Lipinski definition) is 5. The van der Waals surface area contributed by atoms with Gasteiger partial charge in [-0.05, 0) is 38.1 Å². The van der Waals surface area contributed by atoms with Crippen molar-refractivity contribution in [1.82, 2.24) is 9.55 Å². The quantitative estimate of drug-likeness (QED) is 0.626. The molecule has 0 unspecified atom stereocenters. The van der Waals surface area contributed by atoms with Gasteiger partial charge in [-0.25, -0.2) is 0 Å². The molecule has 0 radical (unpaired) electrons. The number of hydrogen-bond donors (Lipinski definition) is 0. The van der Waals surface area contributed by atoms with Gasteiger partial charge in [0.1, 0.15) is 17.0 Å². The first kappa shape index (κ1) is 14.0. The SMILES string of the molecule is CC1(C)C=C(n2cccc([N+](=O)[O-])c2=O)c2ncccc2O1. The van der Waals surface area contributed by atoms with Crippen LogP contribution in [-0.4, -0.2) is 20.1 Å². The van der Waals surface area contributed by atoms with Gasteiger partial charge in [-0.1, -0.05) is 0 Å². The Morgan fingerprint density at radius 3 is 2.82 bits per heavy atom. The van der Waals surface area contributed by atoms with Crippen LogP contribution in [0.5, 0.6) is 5.75 Å². The molecule has 1 aliphatic rings. The number of ether oxygens (including phenoxy) is 1. The molecular formula is C15H13N3O4. The van der Waals surface area contributed by atoms with E-state index in [1.54, 1.807) is 24.4 Å². The highest BCUT2D eigenvalue weighted by atomic mass is 16.6. The van der Waals surface area contributed by atoms with Gasteiger partial charge in [0, 0.05) is 18.5 Å². The van der Waals surface area contributed by atoms with Crippen LogP contribution in [0, 0.1) is 10.1 Å². The van der Waals surface area contributed by atoms with Crippen molar-refractivity contribution >= 4 is 11.4 Å². The zero-order valence-corrected chi connectivity index (χ0v) is 12.0. The minimum Gasteiger partial charge on any atom is -0.481 e. The maximum absolute atomic E-state index is 12.3. The molecule has 0 spiro atoms. The van der Waals surface area contributed by atoms with Crippen LogP contribution in [0.1, 0.15) is 19.5 Å². The Morgan fingerprint density at radius 1 is 1.32 bits per heavy atom. The van der Waals surface area contributed by atoms with Gasteiger partial charge < -0.3 is 4.74 Å². The van der Waals surface area contributed by atoms with Crippen molar-refractivity contribution in [2.45, 2.75) is 19.4 Å². The van der Waals surface area contributed by atoms with Crippen molar-refractivity contribution in [2.75, 3.05) is 0 Å². The molecule has 2 aromatic rings. The Morgan fingerprint density at radius 2 is 2.09 bits per heavy atom. The van der Waals surface area contributed by atoms with Crippen LogP contribution in [0.4, 0.5) is 5.69 Å². The second-order valence-electron chi connectivity index (χ2n) is 5.41. The van der Waals surface area contributed by atoms with E-state index in [0.717, 1.165) is 0 Å². The normalized spacial score (nSPS) is 15.5. The van der Waals surface area contributed by atoms with E-state index in [1.807, 2.05) is 13.8 Å². The summed E-state index contributed by atoms with van der Waals surface area (Å²) in [4.78, 5) is 26.8. The number of nitrogens with zero attached hydrogens (tertiary/aromatic N) is 3. The van der Waals surface area contributed by atoms with Crippen LogP contribution in [0.25, 0.3) is 5.70 Å². The highest BCUT2D eigenvalue weighted by Gasteiger charge is 2.29. The number of pyridine rings is 2. The summed E-state index contributed by atoms with van der Waals surface area (Å²) < 4.78 is 7.03. The van der Waals surface area contributed by atoms with E-state index in [9.17, 15) is 14.9 Å². The second-order valence-corrected chi connectivity index (χ2v) is 5.41. The molecule has 22 heavy (non-hydrogen) atoms. The number of nitro groups is 1. The van der Waals surface area contributed by atoms with Crippen LogP contribution >= 0.6 is 0 Å². The molecule has 3 rings (SSSR count). The third-order valence-electron chi connectivity index (χ3n) is 3.25. The van der Waals surface area contributed by atoms with E-state index in [4.69, 9.17) is 4.74 Å². The summed E-state index contributed by atoms with van der Waals surface area (Å²) in [7, 11) is 0. The third kappa shape index (κ3) is 2.26. The van der Waals surface area contributed by atoms with Crippen molar-refractivity contribution in [3.05, 3.63) is 68.9 Å². The zero-order valence-electron chi connectivity index (χ0n) is 12.0. The Bertz CT molecular complexity index is 852. The van der Waals surface area contributed by atoms with E-state index < -0.39 is 21.8 Å². The first-order chi connectivity index (χ1) is 10.4. The Labute approximate surface area is 125 Å². The van der Waals surface area contributed by atoms with Gasteiger partial charge in [0.15, 0.2) is 0 Å². The van der Waals surface area contributed by atoms with Crippen molar-refractivity contribution in [3.8, 4) is 5.75 Å². The summed E-state index contributed by atoms with van der Waals surface area (Å²) in [5.74, 6) is 0.531. The van der Waals surface area contributed by atoms with Gasteiger partial charge in [-0.2, -0.15) is 0 Å². The average Bonchev–Trinajstić information content (AvgIpc) is 2.45. The number of fused-ring (bicyclic) bond motifs is 1. The van der Waals surface area contributed by atoms with Crippen LogP contribution in [0.3, 0.4) is 0 Å². The molecule has 7 heteroatoms. The van der Waals surface area contributed by atoms with Gasteiger partial charge >= 0.3 is 11.2 Å². The molecule has 0 saturated heterocycles. The highest BCUT2D eigenvalue weighted by Crippen LogP contribution is 2.34. The molecule has 0 aromatic carbocycles. The smallest absolute Gasteiger partial charge is 0.334 e. The number of aromatic nitrogens is 2. The first-order valence-electron chi connectivity index (χ1n) is 6.63. The Balaban J connectivity index is 2.27. The van der Waals surface area contributed by atoms with Crippen LogP contribution in [0.2, 0.25) is 0 Å². The fourth-order valence-corrected chi connectivity index (χ4v) is 2.37. The summed E-state index contributed by atoms with van der Waals surface area (Å²) in [6, 6.07) is 6.13. The maximum atomic E-state index is 12.3. The highest BCUT2D eigenvalue weighted by molar-refractivity contribution is 5.71. The summed E-state index contributed by atoms with van der Waals surface area (Å²) in [5, 5.41) is 11.0. The van der Waals surface area contributed by atoms with E-state index in [-0.39, 0.29) is 0 Å². The minimum absolute atomic E-state index is 0.473. The molecule has 0 N–H and O–H groups in total. The fourth-order valence-electron chi connectivity index (χ4n) is 2.37. The molecule has 0 fully saturated rings. The van der Waals surface area contributed by atoms with E-state index >= 15 is 0 Å². The van der Waals surface area contributed by atoms with E-state index in [1.165, 1.54) is 22.9 Å². The monoisotopic (exact) mass is 299 g/mol. The lowest BCUT2D eigenvalue weighted by Crippen LogP contribution is -2.32. The van der Waals surface area contributed by atoms with Gasteiger partial charge in [0.05, 0.1) is 10.6 Å². The lowest BCUT2D eigenvalue weighted by atomic mass is 10.0. The van der Waals surface area contributed by atoms with E-state index in [2.05, 4.69) is 4.98 Å². The van der Waals surface area contributed by atoms with Crippen molar-refractivity contribution < 1.29 is 9.66 Å². The second kappa shape index (κ2) is 4.80. The zero-order chi connectivity index (χ0) is 15.9. The predicted octanol–water partition coefficient (Wildman–Crippen LogP) is 2.21. The minimum atomic E-state index is -0.701. The van der Waals surface area contributed by atoms with Gasteiger partial charge in [-0.3, -0.25) is 24.5 Å². The van der Waals surface area contributed by atoms with E-state index in [0.29, 0.717) is 17.1 Å². The lowest BCUT2D eigenvalue weighted by Gasteiger charge is -2.30. The van der Waals surface area contributed by atoms with Crippen molar-refractivity contribution in [1.29, 1.82) is 0 Å². The topological polar surface area (TPSA) is 87.3 Å². The Kier molecular flexibility index (Phi) is 3.05. The number of rotatable bonds is 2. The molecular weight excluding hydrogens is 286 g/mol. The van der Waals surface area contributed by atoms with Crippen LogP contribution < -0.4 is 10.3 Å². The molecule has 0 aliphatic carbocycles. The largest absolute Gasteiger partial charge is 0.481 e. The van der Waals surface area contributed by atoms with Gasteiger partial charge in [-0.15, -0.1) is 0 Å². The van der Waals surface area contributed by atoms with Crippen molar-refractivity contribution in [3.63, 3.8) is 0 Å². The van der Waals surface area contributed by atoms with Crippen LogP contribution in [-0.2, 0) is 0 Å². The molecule has 2 aromatic heterocycles. The molecule has 1 aliphatic heterocycles. The average molecular weight is 299 g/mol. The standard InChI is InChI=1S/C15H13N3O4/c1-15(2)9-11(13-12(22-15)6-3-7-16-13)17-8-4-5-10(14(17)19)18(20)21/h3-9H,1-2H3. The summed E-state index contributed by atoms with van der Waals surface area (Å²) in [5.41, 5.74) is -0.890. The fraction of sp³-hybridized carbons (Fsp3) is 0.200. The predicted molar refractivity (Wildman–Crippen MR) is 79.7 cm³/mol. The van der Waals surface area contributed by atoms with Gasteiger partial charge in [0.25, 0.3) is 0 Å². The molecule has 0 atom stereocenters. The third-order valence-corrected chi connectivity index (χ3v) is 3.25. The summed E-state index contributed by atoms with van der Waals surface area (Å²) in [6.45, 7) is 3.68. The van der Waals surface area contributed by atoms with Crippen molar-refractivity contribution in [2.24, 2.45) is 0 Å². The molecule has 3 heterocycles. The molecule has 0 amide bonds. The molecule has 7 nitrogen and oxygen atoms in total. The summed E-state index contributed by atoms with van der Waals surface area (Å²) in [6.07, 6.45) is 4.80. The molecule has 112 valence electrons. The molecule has 0 saturated carbocycles. The lowest BCUT2D eigenvalue weighted by molar-refractivity contribution is -0.386. The van der Waals surface area contributed by atoms with Gasteiger partial charge in [0.2, 0.25) is 0 Å². The van der Waals surface area contributed by atoms with Crippen LogP contribution in [0.15, 0.2) is 47.5 Å². The summed E-state index contributed by atoms with van der Waals surface area (Å²) >= 11 is 0. The first-order valence-corrected chi connectivity index (χ1v) is 6.63. The Hall–Kier alpha value is -2.96. The molecule has 0 bridgehead atoms. The maximum Gasteiger partial charge on any atom is 0.334 e.